The van der Waals surface area contributed by atoms with Crippen LogP contribution in [0, 0.1) is 21.8 Å². The van der Waals surface area contributed by atoms with Crippen LogP contribution in [0.3, 0.4) is 0 Å². The van der Waals surface area contributed by atoms with E-state index < -0.39 is 10.7 Å². The van der Waals surface area contributed by atoms with Crippen LogP contribution < -0.4 is 0 Å². The molecule has 7 heteroatoms. The molecule has 23 heavy (non-hydrogen) atoms. The van der Waals surface area contributed by atoms with Crippen LogP contribution in [0.25, 0.3) is 0 Å². The van der Waals surface area contributed by atoms with Gasteiger partial charge in [0.05, 0.1) is 17.3 Å². The van der Waals surface area contributed by atoms with Crippen molar-refractivity contribution >= 4 is 5.69 Å². The number of aromatic nitrogens is 2. The van der Waals surface area contributed by atoms with Gasteiger partial charge in [0.1, 0.15) is 5.82 Å². The summed E-state index contributed by atoms with van der Waals surface area (Å²) < 4.78 is 16.2. The predicted molar refractivity (Wildman–Crippen MR) is 83.4 cm³/mol. The number of piperidine rings is 1. The lowest BCUT2D eigenvalue weighted by molar-refractivity contribution is -0.385. The fraction of sp³-hybridized carbons (Fsp3) is 0.438. The molecule has 0 amide bonds. The van der Waals surface area contributed by atoms with Crippen LogP contribution in [-0.4, -0.2) is 32.5 Å². The van der Waals surface area contributed by atoms with E-state index in [0.717, 1.165) is 25.6 Å². The molecule has 1 aliphatic rings. The molecule has 0 spiro atoms. The molecule has 1 aromatic carbocycles. The van der Waals surface area contributed by atoms with Gasteiger partial charge in [-0.25, -0.2) is 9.37 Å². The van der Waals surface area contributed by atoms with Crippen molar-refractivity contribution in [1.29, 1.82) is 0 Å². The van der Waals surface area contributed by atoms with Crippen LogP contribution in [0.2, 0.25) is 0 Å². The lowest BCUT2D eigenvalue weighted by Crippen LogP contribution is -2.40. The molecule has 0 N–H and O–H groups in total. The van der Waals surface area contributed by atoms with E-state index in [-0.39, 0.29) is 5.69 Å². The maximum absolute atomic E-state index is 14.1. The Balaban J connectivity index is 1.72. The fourth-order valence-corrected chi connectivity index (χ4v) is 3.13. The van der Waals surface area contributed by atoms with Crippen molar-refractivity contribution in [2.75, 3.05) is 13.1 Å². The molecule has 122 valence electrons. The highest BCUT2D eigenvalue weighted by molar-refractivity contribution is 5.34. The highest BCUT2D eigenvalue weighted by atomic mass is 19.1. The van der Waals surface area contributed by atoms with Crippen LogP contribution >= 0.6 is 0 Å². The SMILES string of the molecule is CC1CCN(Cc2ccc([N+](=O)[O-])cc2F)CC1n1ccnc1. The smallest absolute Gasteiger partial charge is 0.272 e. The number of halogens is 1. The number of benzene rings is 1. The summed E-state index contributed by atoms with van der Waals surface area (Å²) in [6, 6.07) is 4.18. The van der Waals surface area contributed by atoms with Crippen molar-refractivity contribution < 1.29 is 9.31 Å². The Morgan fingerprint density at radius 3 is 2.96 bits per heavy atom. The minimum absolute atomic E-state index is 0.213. The van der Waals surface area contributed by atoms with E-state index in [0.29, 0.717) is 24.1 Å². The molecule has 0 aliphatic carbocycles. The third-order valence-corrected chi connectivity index (χ3v) is 4.55. The first-order chi connectivity index (χ1) is 11.0. The molecule has 3 rings (SSSR count). The molecule has 1 saturated heterocycles. The van der Waals surface area contributed by atoms with Crippen molar-refractivity contribution in [1.82, 2.24) is 14.5 Å². The molecule has 1 aliphatic heterocycles. The van der Waals surface area contributed by atoms with Crippen LogP contribution in [0.5, 0.6) is 0 Å². The number of nitro benzene ring substituents is 1. The van der Waals surface area contributed by atoms with E-state index in [4.69, 9.17) is 0 Å². The van der Waals surface area contributed by atoms with Crippen molar-refractivity contribution in [3.63, 3.8) is 0 Å². The van der Waals surface area contributed by atoms with Crippen LogP contribution in [-0.2, 0) is 6.54 Å². The molecule has 0 radical (unpaired) electrons. The number of imidazole rings is 1. The minimum Gasteiger partial charge on any atom is -0.333 e. The van der Waals surface area contributed by atoms with E-state index in [1.807, 2.05) is 12.5 Å². The van der Waals surface area contributed by atoms with E-state index in [1.165, 1.54) is 12.1 Å². The topological polar surface area (TPSA) is 64.2 Å². The monoisotopic (exact) mass is 318 g/mol. The summed E-state index contributed by atoms with van der Waals surface area (Å²) in [4.78, 5) is 16.4. The minimum atomic E-state index is -0.579. The average Bonchev–Trinajstić information content (AvgIpc) is 3.05. The van der Waals surface area contributed by atoms with Crippen LogP contribution in [0.1, 0.15) is 24.9 Å². The first-order valence-corrected chi connectivity index (χ1v) is 7.67. The number of non-ortho nitro benzene ring substituents is 1. The Bertz CT molecular complexity index is 689. The predicted octanol–water partition coefficient (Wildman–Crippen LogP) is 3.01. The second-order valence-corrected chi connectivity index (χ2v) is 6.11. The maximum atomic E-state index is 14.1. The molecule has 2 atom stereocenters. The Kier molecular flexibility index (Phi) is 4.38. The van der Waals surface area contributed by atoms with Gasteiger partial charge in [-0.1, -0.05) is 6.92 Å². The number of rotatable bonds is 4. The van der Waals surface area contributed by atoms with E-state index >= 15 is 0 Å². The molecule has 2 unspecified atom stereocenters. The van der Waals surface area contributed by atoms with Crippen LogP contribution in [0.15, 0.2) is 36.9 Å². The van der Waals surface area contributed by atoms with Crippen molar-refractivity contribution in [3.8, 4) is 0 Å². The molecule has 6 nitrogen and oxygen atoms in total. The Labute approximate surface area is 133 Å². The molecule has 1 fully saturated rings. The summed E-state index contributed by atoms with van der Waals surface area (Å²) in [6.07, 6.45) is 6.56. The standard InChI is InChI=1S/C16H19FN4O2/c1-12-4-6-19(10-16(12)20-7-5-18-11-20)9-13-2-3-14(21(22)23)8-15(13)17/h2-3,5,7-8,11-12,16H,4,6,9-10H2,1H3. The molecular formula is C16H19FN4O2. The normalized spacial score (nSPS) is 22.2. The van der Waals surface area contributed by atoms with Gasteiger partial charge in [-0.2, -0.15) is 0 Å². The van der Waals surface area contributed by atoms with Crippen molar-refractivity contribution in [3.05, 3.63) is 58.4 Å². The second-order valence-electron chi connectivity index (χ2n) is 6.11. The number of likely N-dealkylation sites (tertiary alicyclic amines) is 1. The third kappa shape index (κ3) is 3.39. The van der Waals surface area contributed by atoms with Gasteiger partial charge in [0.15, 0.2) is 0 Å². The zero-order valence-electron chi connectivity index (χ0n) is 12.9. The van der Waals surface area contributed by atoms with Gasteiger partial charge < -0.3 is 4.57 Å². The summed E-state index contributed by atoms with van der Waals surface area (Å²) in [7, 11) is 0. The fourth-order valence-electron chi connectivity index (χ4n) is 3.13. The summed E-state index contributed by atoms with van der Waals surface area (Å²) in [5, 5.41) is 10.7. The molecular weight excluding hydrogens is 299 g/mol. The first kappa shape index (κ1) is 15.6. The second kappa shape index (κ2) is 6.45. The summed E-state index contributed by atoms with van der Waals surface area (Å²) in [5.41, 5.74) is 0.282. The number of hydrogen-bond donors (Lipinski definition) is 0. The zero-order chi connectivity index (χ0) is 16.4. The Hall–Kier alpha value is -2.28. The third-order valence-electron chi connectivity index (χ3n) is 4.55. The molecule has 1 aromatic heterocycles. The van der Waals surface area contributed by atoms with E-state index in [2.05, 4.69) is 21.4 Å². The number of nitrogens with zero attached hydrogens (tertiary/aromatic N) is 4. The van der Waals surface area contributed by atoms with Gasteiger partial charge in [-0.15, -0.1) is 0 Å². The summed E-state index contributed by atoms with van der Waals surface area (Å²) in [5.74, 6) is 0.0131. The Morgan fingerprint density at radius 1 is 1.48 bits per heavy atom. The lowest BCUT2D eigenvalue weighted by atomic mass is 9.93. The van der Waals surface area contributed by atoms with Gasteiger partial charge in [0.25, 0.3) is 5.69 Å². The summed E-state index contributed by atoms with van der Waals surface area (Å²) in [6.45, 7) is 4.38. The first-order valence-electron chi connectivity index (χ1n) is 7.67. The van der Waals surface area contributed by atoms with Gasteiger partial charge >= 0.3 is 0 Å². The number of nitro groups is 1. The largest absolute Gasteiger partial charge is 0.333 e. The Morgan fingerprint density at radius 2 is 2.30 bits per heavy atom. The van der Waals surface area contributed by atoms with E-state index in [1.54, 1.807) is 6.20 Å². The van der Waals surface area contributed by atoms with Gasteiger partial charge in [0, 0.05) is 43.2 Å². The van der Waals surface area contributed by atoms with Gasteiger partial charge in [-0.3, -0.25) is 15.0 Å². The molecule has 2 heterocycles. The zero-order valence-corrected chi connectivity index (χ0v) is 12.9. The highest BCUT2D eigenvalue weighted by Gasteiger charge is 2.27. The van der Waals surface area contributed by atoms with Gasteiger partial charge in [-0.05, 0) is 24.9 Å². The van der Waals surface area contributed by atoms with Crippen LogP contribution in [0.4, 0.5) is 10.1 Å². The molecule has 0 saturated carbocycles. The van der Waals surface area contributed by atoms with Crippen molar-refractivity contribution in [2.45, 2.75) is 25.9 Å². The molecule has 2 aromatic rings. The summed E-state index contributed by atoms with van der Waals surface area (Å²) >= 11 is 0. The number of hydrogen-bond acceptors (Lipinski definition) is 4. The van der Waals surface area contributed by atoms with Gasteiger partial charge in [0.2, 0.25) is 0 Å². The average molecular weight is 318 g/mol. The lowest BCUT2D eigenvalue weighted by Gasteiger charge is -2.37. The maximum Gasteiger partial charge on any atom is 0.272 e. The quantitative estimate of drug-likeness (QED) is 0.642. The molecule has 0 bridgehead atoms. The van der Waals surface area contributed by atoms with E-state index in [9.17, 15) is 14.5 Å². The highest BCUT2D eigenvalue weighted by Crippen LogP contribution is 2.29. The van der Waals surface area contributed by atoms with Crippen molar-refractivity contribution in [2.24, 2.45) is 5.92 Å².